The number of thioether (sulfide) groups is 1. The van der Waals surface area contributed by atoms with Crippen molar-refractivity contribution in [3.63, 3.8) is 0 Å². The first kappa shape index (κ1) is 15.9. The molecule has 0 saturated carbocycles. The van der Waals surface area contributed by atoms with Crippen LogP contribution in [0.2, 0.25) is 5.02 Å². The van der Waals surface area contributed by atoms with Gasteiger partial charge in [0.2, 0.25) is 5.91 Å². The highest BCUT2D eigenvalue weighted by Gasteiger charge is 2.16. The number of carbonyl (C=O) groups is 1. The number of ether oxygens (including phenoxy) is 1. The monoisotopic (exact) mass is 346 g/mol. The standard InChI is InChI=1S/C17H15ClN2O2S/c1-22-14-5-3-13(4-6-14)19-16(21)10-23-17-9-11-8-12(18)2-7-15(11)20-17/h2-8H,9-10H2,1H3,(H,19,21). The molecule has 2 aromatic rings. The average molecular weight is 347 g/mol. The SMILES string of the molecule is COc1ccc(NC(=O)CSC2=Nc3ccc(Cl)cc3C2)cc1. The Morgan fingerprint density at radius 1 is 1.30 bits per heavy atom. The minimum atomic E-state index is -0.0585. The van der Waals surface area contributed by atoms with Crippen molar-refractivity contribution < 1.29 is 9.53 Å². The molecule has 0 bridgehead atoms. The molecular weight excluding hydrogens is 332 g/mol. The maximum atomic E-state index is 12.0. The molecule has 0 radical (unpaired) electrons. The zero-order valence-electron chi connectivity index (χ0n) is 12.5. The molecular formula is C17H15ClN2O2S. The lowest BCUT2D eigenvalue weighted by Gasteiger charge is -2.06. The van der Waals surface area contributed by atoms with Gasteiger partial charge in [-0.15, -0.1) is 11.8 Å². The lowest BCUT2D eigenvalue weighted by atomic mass is 10.2. The van der Waals surface area contributed by atoms with E-state index in [0.717, 1.165) is 34.2 Å². The Balaban J connectivity index is 1.52. The highest BCUT2D eigenvalue weighted by atomic mass is 35.5. The molecule has 1 aliphatic heterocycles. The van der Waals surface area contributed by atoms with Crippen molar-refractivity contribution >= 4 is 45.7 Å². The molecule has 6 heteroatoms. The van der Waals surface area contributed by atoms with Gasteiger partial charge in [-0.3, -0.25) is 4.79 Å². The number of hydrogen-bond acceptors (Lipinski definition) is 4. The van der Waals surface area contributed by atoms with Gasteiger partial charge in [0.15, 0.2) is 0 Å². The van der Waals surface area contributed by atoms with Gasteiger partial charge in [-0.05, 0) is 48.0 Å². The van der Waals surface area contributed by atoms with Crippen LogP contribution in [0.25, 0.3) is 0 Å². The molecule has 1 aliphatic rings. The van der Waals surface area contributed by atoms with Gasteiger partial charge < -0.3 is 10.1 Å². The highest BCUT2D eigenvalue weighted by Crippen LogP contribution is 2.32. The van der Waals surface area contributed by atoms with Crippen LogP contribution in [0.3, 0.4) is 0 Å². The van der Waals surface area contributed by atoms with E-state index in [1.807, 2.05) is 42.5 Å². The highest BCUT2D eigenvalue weighted by molar-refractivity contribution is 8.14. The number of methoxy groups -OCH3 is 1. The van der Waals surface area contributed by atoms with Crippen LogP contribution in [0.4, 0.5) is 11.4 Å². The van der Waals surface area contributed by atoms with Crippen LogP contribution < -0.4 is 10.1 Å². The van der Waals surface area contributed by atoms with E-state index in [1.54, 1.807) is 7.11 Å². The fourth-order valence-electron chi connectivity index (χ4n) is 2.25. The first-order valence-corrected chi connectivity index (χ1v) is 8.43. The van der Waals surface area contributed by atoms with Crippen LogP contribution in [0.1, 0.15) is 5.56 Å². The van der Waals surface area contributed by atoms with Gasteiger partial charge in [-0.1, -0.05) is 11.6 Å². The van der Waals surface area contributed by atoms with E-state index in [9.17, 15) is 4.79 Å². The molecule has 3 rings (SSSR count). The molecule has 0 saturated heterocycles. The summed E-state index contributed by atoms with van der Waals surface area (Å²) in [5.41, 5.74) is 2.79. The first-order valence-electron chi connectivity index (χ1n) is 7.07. The normalized spacial score (nSPS) is 12.5. The largest absolute Gasteiger partial charge is 0.497 e. The molecule has 0 aromatic heterocycles. The molecule has 118 valence electrons. The van der Waals surface area contributed by atoms with E-state index in [2.05, 4.69) is 10.3 Å². The third-order valence-corrected chi connectivity index (χ3v) is 4.58. The van der Waals surface area contributed by atoms with Gasteiger partial charge in [0.1, 0.15) is 5.75 Å². The second-order valence-electron chi connectivity index (χ2n) is 5.02. The maximum Gasteiger partial charge on any atom is 0.234 e. The Hall–Kier alpha value is -1.98. The summed E-state index contributed by atoms with van der Waals surface area (Å²) in [5.74, 6) is 1.03. The number of amides is 1. The second kappa shape index (κ2) is 7.06. The number of hydrogen-bond donors (Lipinski definition) is 1. The number of anilines is 1. The predicted octanol–water partition coefficient (Wildman–Crippen LogP) is 4.31. The van der Waals surface area contributed by atoms with E-state index in [1.165, 1.54) is 11.8 Å². The lowest BCUT2D eigenvalue weighted by Crippen LogP contribution is -2.15. The number of aliphatic imine (C=N–C) groups is 1. The molecule has 0 atom stereocenters. The Bertz CT molecular complexity index is 760. The smallest absolute Gasteiger partial charge is 0.234 e. The van der Waals surface area contributed by atoms with Crippen LogP contribution in [0.15, 0.2) is 47.5 Å². The van der Waals surface area contributed by atoms with Gasteiger partial charge in [-0.25, -0.2) is 4.99 Å². The van der Waals surface area contributed by atoms with E-state index in [4.69, 9.17) is 16.3 Å². The van der Waals surface area contributed by atoms with E-state index >= 15 is 0 Å². The number of fused-ring (bicyclic) bond motifs is 1. The van der Waals surface area contributed by atoms with Crippen molar-refractivity contribution in [2.75, 3.05) is 18.2 Å². The predicted molar refractivity (Wildman–Crippen MR) is 96.3 cm³/mol. The Morgan fingerprint density at radius 3 is 2.83 bits per heavy atom. The summed E-state index contributed by atoms with van der Waals surface area (Å²) < 4.78 is 5.09. The minimum absolute atomic E-state index is 0.0585. The summed E-state index contributed by atoms with van der Waals surface area (Å²) in [6.07, 6.45) is 0.733. The lowest BCUT2D eigenvalue weighted by molar-refractivity contribution is -0.113. The summed E-state index contributed by atoms with van der Waals surface area (Å²) in [7, 11) is 1.61. The molecule has 1 N–H and O–H groups in total. The quantitative estimate of drug-likeness (QED) is 0.897. The topological polar surface area (TPSA) is 50.7 Å². The van der Waals surface area contributed by atoms with Crippen LogP contribution in [0, 0.1) is 0 Å². The van der Waals surface area contributed by atoms with Gasteiger partial charge in [0, 0.05) is 17.1 Å². The summed E-state index contributed by atoms with van der Waals surface area (Å²) in [6.45, 7) is 0. The van der Waals surface area contributed by atoms with E-state index < -0.39 is 0 Å². The number of halogens is 1. The third-order valence-electron chi connectivity index (χ3n) is 3.37. The number of nitrogens with zero attached hydrogens (tertiary/aromatic N) is 1. The first-order chi connectivity index (χ1) is 11.1. The molecule has 0 spiro atoms. The number of benzene rings is 2. The van der Waals surface area contributed by atoms with Gasteiger partial charge in [0.05, 0.1) is 23.6 Å². The molecule has 4 nitrogen and oxygen atoms in total. The van der Waals surface area contributed by atoms with Crippen LogP contribution in [-0.2, 0) is 11.2 Å². The summed E-state index contributed by atoms with van der Waals surface area (Å²) in [5, 5.41) is 4.50. The summed E-state index contributed by atoms with van der Waals surface area (Å²) in [4.78, 5) is 16.5. The van der Waals surface area contributed by atoms with Crippen LogP contribution in [-0.4, -0.2) is 23.8 Å². The van der Waals surface area contributed by atoms with Gasteiger partial charge in [-0.2, -0.15) is 0 Å². The number of nitrogens with one attached hydrogen (secondary N) is 1. The zero-order valence-corrected chi connectivity index (χ0v) is 14.1. The van der Waals surface area contributed by atoms with Gasteiger partial charge >= 0.3 is 0 Å². The summed E-state index contributed by atoms with van der Waals surface area (Å²) in [6, 6.07) is 12.9. The fourth-order valence-corrected chi connectivity index (χ4v) is 3.23. The molecule has 0 fully saturated rings. The van der Waals surface area contributed by atoms with E-state index in [0.29, 0.717) is 10.8 Å². The van der Waals surface area contributed by atoms with Crippen molar-refractivity contribution in [2.24, 2.45) is 4.99 Å². The molecule has 1 amide bonds. The van der Waals surface area contributed by atoms with Crippen molar-refractivity contribution in [2.45, 2.75) is 6.42 Å². The van der Waals surface area contributed by atoms with Crippen molar-refractivity contribution in [3.8, 4) is 5.75 Å². The van der Waals surface area contributed by atoms with Crippen molar-refractivity contribution in [1.29, 1.82) is 0 Å². The van der Waals surface area contributed by atoms with Crippen LogP contribution in [0.5, 0.6) is 5.75 Å². The van der Waals surface area contributed by atoms with Crippen molar-refractivity contribution in [3.05, 3.63) is 53.1 Å². The molecule has 1 heterocycles. The van der Waals surface area contributed by atoms with Crippen molar-refractivity contribution in [1.82, 2.24) is 0 Å². The fraction of sp³-hybridized carbons (Fsp3) is 0.176. The van der Waals surface area contributed by atoms with Crippen LogP contribution >= 0.6 is 23.4 Å². The Morgan fingerprint density at radius 2 is 2.09 bits per heavy atom. The second-order valence-corrected chi connectivity index (χ2v) is 6.51. The molecule has 2 aromatic carbocycles. The van der Waals surface area contributed by atoms with E-state index in [-0.39, 0.29) is 5.91 Å². The van der Waals surface area contributed by atoms with Gasteiger partial charge in [0.25, 0.3) is 0 Å². The summed E-state index contributed by atoms with van der Waals surface area (Å²) >= 11 is 7.43. The number of carbonyl (C=O) groups excluding carboxylic acids is 1. The zero-order chi connectivity index (χ0) is 16.2. The molecule has 23 heavy (non-hydrogen) atoms. The minimum Gasteiger partial charge on any atom is -0.497 e. The number of rotatable bonds is 4. The average Bonchev–Trinajstić information content (AvgIpc) is 2.95. The molecule has 0 aliphatic carbocycles. The Labute approximate surface area is 143 Å². The Kier molecular flexibility index (Phi) is 4.88. The molecule has 0 unspecified atom stereocenters. The third kappa shape index (κ3) is 4.06. The maximum absolute atomic E-state index is 12.0.